The number of unbranched alkanes of at least 4 members (excludes halogenated alkanes) is 1. The molecule has 1 heterocycles. The number of rotatable bonds is 7. The largest absolute Gasteiger partial charge is 0.497 e. The highest BCUT2D eigenvalue weighted by molar-refractivity contribution is 5.78. The first-order valence-electron chi connectivity index (χ1n) is 7.51. The van der Waals surface area contributed by atoms with E-state index in [-0.39, 0.29) is 6.04 Å². The molecule has 1 unspecified atom stereocenters. The van der Waals surface area contributed by atoms with Gasteiger partial charge in [-0.05, 0) is 25.0 Å². The minimum atomic E-state index is 0.0138. The standard InChI is InChI=1S/C16H25N3O/c1-4-6-7-13(17)16-18-14-11-12(20-3)8-9-15(14)19(16)10-5-2/h8-9,11,13H,4-7,10,17H2,1-3H3. The summed E-state index contributed by atoms with van der Waals surface area (Å²) in [6.07, 6.45) is 4.36. The number of nitrogens with zero attached hydrogens (tertiary/aromatic N) is 2. The van der Waals surface area contributed by atoms with Crippen LogP contribution in [-0.2, 0) is 6.54 Å². The smallest absolute Gasteiger partial charge is 0.126 e. The molecule has 2 N–H and O–H groups in total. The average Bonchev–Trinajstić information content (AvgIpc) is 2.83. The molecule has 0 radical (unpaired) electrons. The molecule has 0 saturated carbocycles. The van der Waals surface area contributed by atoms with Crippen LogP contribution in [0.4, 0.5) is 0 Å². The van der Waals surface area contributed by atoms with E-state index in [1.807, 2.05) is 12.1 Å². The van der Waals surface area contributed by atoms with Crippen LogP contribution in [0.2, 0.25) is 0 Å². The van der Waals surface area contributed by atoms with Gasteiger partial charge in [0.05, 0.1) is 24.2 Å². The van der Waals surface area contributed by atoms with Crippen LogP contribution in [0.5, 0.6) is 5.75 Å². The number of fused-ring (bicyclic) bond motifs is 1. The maximum absolute atomic E-state index is 6.33. The third kappa shape index (κ3) is 2.96. The molecule has 1 aromatic heterocycles. The fourth-order valence-corrected chi connectivity index (χ4v) is 2.55. The van der Waals surface area contributed by atoms with Gasteiger partial charge in [0, 0.05) is 12.6 Å². The normalized spacial score (nSPS) is 12.8. The zero-order chi connectivity index (χ0) is 14.5. The summed E-state index contributed by atoms with van der Waals surface area (Å²) >= 11 is 0. The van der Waals surface area contributed by atoms with Crippen molar-refractivity contribution in [2.24, 2.45) is 5.73 Å². The Labute approximate surface area is 120 Å². The number of hydrogen-bond acceptors (Lipinski definition) is 3. The van der Waals surface area contributed by atoms with Crippen LogP contribution in [0.1, 0.15) is 51.4 Å². The maximum atomic E-state index is 6.33. The summed E-state index contributed by atoms with van der Waals surface area (Å²) < 4.78 is 7.54. The monoisotopic (exact) mass is 275 g/mol. The van der Waals surface area contributed by atoms with E-state index in [0.717, 1.165) is 54.8 Å². The predicted octanol–water partition coefficient (Wildman–Crippen LogP) is 3.64. The van der Waals surface area contributed by atoms with Gasteiger partial charge in [-0.1, -0.05) is 26.7 Å². The Balaban J connectivity index is 2.43. The third-order valence-electron chi connectivity index (χ3n) is 3.63. The fraction of sp³-hybridized carbons (Fsp3) is 0.562. The Morgan fingerprint density at radius 1 is 1.30 bits per heavy atom. The number of benzene rings is 1. The highest BCUT2D eigenvalue weighted by Gasteiger charge is 2.16. The zero-order valence-corrected chi connectivity index (χ0v) is 12.7. The summed E-state index contributed by atoms with van der Waals surface area (Å²) in [6.45, 7) is 5.32. The summed E-state index contributed by atoms with van der Waals surface area (Å²) in [5.74, 6) is 1.84. The Kier molecular flexibility index (Phi) is 5.01. The predicted molar refractivity (Wildman–Crippen MR) is 83.0 cm³/mol. The molecule has 0 aliphatic rings. The Morgan fingerprint density at radius 2 is 2.10 bits per heavy atom. The molecule has 2 aromatic rings. The van der Waals surface area contributed by atoms with Crippen molar-refractivity contribution >= 4 is 11.0 Å². The maximum Gasteiger partial charge on any atom is 0.126 e. The van der Waals surface area contributed by atoms with Crippen LogP contribution < -0.4 is 10.5 Å². The second-order valence-corrected chi connectivity index (χ2v) is 5.23. The van der Waals surface area contributed by atoms with Crippen molar-refractivity contribution in [3.05, 3.63) is 24.0 Å². The van der Waals surface area contributed by atoms with Crippen LogP contribution in [0, 0.1) is 0 Å². The molecule has 0 fully saturated rings. The molecule has 0 bridgehead atoms. The van der Waals surface area contributed by atoms with Gasteiger partial charge < -0.3 is 15.0 Å². The summed E-state index contributed by atoms with van der Waals surface area (Å²) in [6, 6.07) is 6.06. The number of aromatic nitrogens is 2. The summed E-state index contributed by atoms with van der Waals surface area (Å²) in [4.78, 5) is 4.75. The van der Waals surface area contributed by atoms with E-state index in [1.165, 1.54) is 0 Å². The molecule has 20 heavy (non-hydrogen) atoms. The molecular formula is C16H25N3O. The van der Waals surface area contributed by atoms with E-state index < -0.39 is 0 Å². The van der Waals surface area contributed by atoms with Crippen molar-refractivity contribution in [1.29, 1.82) is 0 Å². The van der Waals surface area contributed by atoms with E-state index in [0.29, 0.717) is 0 Å². The average molecular weight is 275 g/mol. The van der Waals surface area contributed by atoms with Crippen LogP contribution in [0.15, 0.2) is 18.2 Å². The van der Waals surface area contributed by atoms with Gasteiger partial charge in [0.25, 0.3) is 0 Å². The van der Waals surface area contributed by atoms with Gasteiger partial charge in [0.15, 0.2) is 0 Å². The van der Waals surface area contributed by atoms with Crippen LogP contribution in [0.25, 0.3) is 11.0 Å². The number of methoxy groups -OCH3 is 1. The van der Waals surface area contributed by atoms with Gasteiger partial charge in [-0.3, -0.25) is 0 Å². The third-order valence-corrected chi connectivity index (χ3v) is 3.63. The highest BCUT2D eigenvalue weighted by Crippen LogP contribution is 2.26. The second kappa shape index (κ2) is 6.75. The highest BCUT2D eigenvalue weighted by atomic mass is 16.5. The van der Waals surface area contributed by atoms with Crippen molar-refractivity contribution in [2.45, 2.75) is 52.1 Å². The van der Waals surface area contributed by atoms with Crippen LogP contribution in [0.3, 0.4) is 0 Å². The lowest BCUT2D eigenvalue weighted by Gasteiger charge is -2.13. The van der Waals surface area contributed by atoms with Crippen LogP contribution in [-0.4, -0.2) is 16.7 Å². The van der Waals surface area contributed by atoms with Gasteiger partial charge in [-0.15, -0.1) is 0 Å². The number of hydrogen-bond donors (Lipinski definition) is 1. The molecule has 0 amide bonds. The number of aryl methyl sites for hydroxylation is 1. The molecular weight excluding hydrogens is 250 g/mol. The van der Waals surface area contributed by atoms with Gasteiger partial charge in [0.2, 0.25) is 0 Å². The fourth-order valence-electron chi connectivity index (χ4n) is 2.55. The van der Waals surface area contributed by atoms with E-state index >= 15 is 0 Å². The molecule has 0 saturated heterocycles. The molecule has 1 atom stereocenters. The molecule has 0 aliphatic heterocycles. The van der Waals surface area contributed by atoms with Crippen molar-refractivity contribution < 1.29 is 4.74 Å². The van der Waals surface area contributed by atoms with E-state index in [1.54, 1.807) is 7.11 Å². The molecule has 2 rings (SSSR count). The lowest BCUT2D eigenvalue weighted by atomic mass is 10.1. The molecule has 4 heteroatoms. The van der Waals surface area contributed by atoms with Gasteiger partial charge in [-0.2, -0.15) is 0 Å². The summed E-state index contributed by atoms with van der Waals surface area (Å²) in [5, 5.41) is 0. The number of imidazole rings is 1. The lowest BCUT2D eigenvalue weighted by molar-refractivity contribution is 0.415. The van der Waals surface area contributed by atoms with Crippen molar-refractivity contribution in [1.82, 2.24) is 9.55 Å². The molecule has 1 aromatic carbocycles. The number of nitrogens with two attached hydrogens (primary N) is 1. The summed E-state index contributed by atoms with van der Waals surface area (Å²) in [5.41, 5.74) is 8.45. The van der Waals surface area contributed by atoms with Crippen molar-refractivity contribution in [2.75, 3.05) is 7.11 Å². The first kappa shape index (κ1) is 14.9. The molecule has 0 aliphatic carbocycles. The molecule has 0 spiro atoms. The SMILES string of the molecule is CCCCC(N)c1nc2cc(OC)ccc2n1CCC. The minimum Gasteiger partial charge on any atom is -0.497 e. The first-order chi connectivity index (χ1) is 9.71. The quantitative estimate of drug-likeness (QED) is 0.839. The van der Waals surface area contributed by atoms with E-state index in [2.05, 4.69) is 24.5 Å². The Hall–Kier alpha value is -1.55. The lowest BCUT2D eigenvalue weighted by Crippen LogP contribution is -2.16. The topological polar surface area (TPSA) is 53.1 Å². The Morgan fingerprint density at radius 3 is 2.75 bits per heavy atom. The van der Waals surface area contributed by atoms with Gasteiger partial charge >= 0.3 is 0 Å². The van der Waals surface area contributed by atoms with Crippen molar-refractivity contribution in [3.63, 3.8) is 0 Å². The molecule has 110 valence electrons. The molecule has 4 nitrogen and oxygen atoms in total. The van der Waals surface area contributed by atoms with Crippen molar-refractivity contribution in [3.8, 4) is 5.75 Å². The minimum absolute atomic E-state index is 0.0138. The van der Waals surface area contributed by atoms with E-state index in [4.69, 9.17) is 15.5 Å². The van der Waals surface area contributed by atoms with E-state index in [9.17, 15) is 0 Å². The summed E-state index contributed by atoms with van der Waals surface area (Å²) in [7, 11) is 1.68. The second-order valence-electron chi connectivity index (χ2n) is 5.23. The van der Waals surface area contributed by atoms with Crippen LogP contribution >= 0.6 is 0 Å². The Bertz CT molecular complexity index is 562. The van der Waals surface area contributed by atoms with Gasteiger partial charge in [-0.25, -0.2) is 4.98 Å². The van der Waals surface area contributed by atoms with Gasteiger partial charge in [0.1, 0.15) is 11.6 Å². The number of ether oxygens (including phenoxy) is 1. The zero-order valence-electron chi connectivity index (χ0n) is 12.7. The first-order valence-corrected chi connectivity index (χ1v) is 7.51.